The van der Waals surface area contributed by atoms with E-state index in [0.717, 1.165) is 13.1 Å². The molecule has 0 unspecified atom stereocenters. The molecular weight excluding hydrogens is 223 g/mol. The van der Waals surface area contributed by atoms with Crippen molar-refractivity contribution in [3.05, 3.63) is 17.8 Å². The number of nitrogens with one attached hydrogen (secondary N) is 2. The fraction of sp³-hybridized carbons (Fsp3) is 0.636. The monoisotopic (exact) mass is 242 g/mol. The van der Waals surface area contributed by atoms with Crippen molar-refractivity contribution in [2.75, 3.05) is 38.7 Å². The number of ether oxygens (including phenoxy) is 1. The van der Waals surface area contributed by atoms with Gasteiger partial charge in [-0.2, -0.15) is 0 Å². The highest BCUT2D eigenvalue weighted by molar-refractivity contribution is 5.37. The normalized spacial score (nSPS) is 10.5. The Labute approximate surface area is 101 Å². The number of aryl methyl sites for hydroxylation is 1. The van der Waals surface area contributed by atoms with Crippen LogP contribution in [0.15, 0.2) is 6.33 Å². The molecule has 1 aromatic rings. The van der Waals surface area contributed by atoms with E-state index in [2.05, 4.69) is 20.6 Å². The van der Waals surface area contributed by atoms with Gasteiger partial charge >= 0.3 is 0 Å². The molecule has 2 N–H and O–H groups in total. The minimum Gasteiger partial charge on any atom is -0.383 e. The van der Waals surface area contributed by atoms with E-state index in [0.29, 0.717) is 25.3 Å². The second-order valence-corrected chi connectivity index (χ2v) is 3.51. The number of rotatable bonds is 8. The smallest absolute Gasteiger partial charge is 0.186 e. The summed E-state index contributed by atoms with van der Waals surface area (Å²) in [5.41, 5.74) is 0.440. The van der Waals surface area contributed by atoms with Gasteiger partial charge in [-0.25, -0.2) is 14.4 Å². The molecule has 0 aliphatic rings. The summed E-state index contributed by atoms with van der Waals surface area (Å²) in [5, 5.41) is 6.09. The first-order valence-electron chi connectivity index (χ1n) is 5.72. The third kappa shape index (κ3) is 4.62. The number of hydrogen-bond donors (Lipinski definition) is 2. The number of anilines is 1. The maximum atomic E-state index is 13.7. The first-order valence-corrected chi connectivity index (χ1v) is 5.72. The Bertz CT molecular complexity index is 335. The second kappa shape index (κ2) is 7.92. The maximum Gasteiger partial charge on any atom is 0.186 e. The molecule has 0 saturated carbocycles. The molecule has 0 bridgehead atoms. The Hall–Kier alpha value is -1.27. The number of methoxy groups -OCH3 is 1. The molecule has 0 aliphatic heterocycles. The summed E-state index contributed by atoms with van der Waals surface area (Å²) >= 11 is 0. The summed E-state index contributed by atoms with van der Waals surface area (Å²) in [6.07, 6.45) is 1.94. The average Bonchev–Trinajstić information content (AvgIpc) is 2.35. The van der Waals surface area contributed by atoms with Gasteiger partial charge in [-0.05, 0) is 6.42 Å². The summed E-state index contributed by atoms with van der Waals surface area (Å²) in [6, 6.07) is 0. The molecule has 0 radical (unpaired) electrons. The van der Waals surface area contributed by atoms with Crippen molar-refractivity contribution in [2.45, 2.75) is 13.3 Å². The van der Waals surface area contributed by atoms with Crippen LogP contribution in [0.3, 0.4) is 0 Å². The van der Waals surface area contributed by atoms with Crippen molar-refractivity contribution < 1.29 is 9.13 Å². The molecule has 0 atom stereocenters. The number of aromatic nitrogens is 2. The van der Waals surface area contributed by atoms with Crippen LogP contribution in [0.25, 0.3) is 0 Å². The van der Waals surface area contributed by atoms with E-state index in [4.69, 9.17) is 4.74 Å². The molecule has 0 spiro atoms. The average molecular weight is 242 g/mol. The van der Waals surface area contributed by atoms with Crippen molar-refractivity contribution in [3.63, 3.8) is 0 Å². The molecule has 17 heavy (non-hydrogen) atoms. The summed E-state index contributed by atoms with van der Waals surface area (Å²) in [6.45, 7) is 4.66. The SMILES string of the molecule is CCc1ncnc(NCCNCCOC)c1F. The van der Waals surface area contributed by atoms with Crippen LogP contribution in [0.5, 0.6) is 0 Å². The molecule has 1 aromatic heterocycles. The largest absolute Gasteiger partial charge is 0.383 e. The van der Waals surface area contributed by atoms with E-state index >= 15 is 0 Å². The lowest BCUT2D eigenvalue weighted by Crippen LogP contribution is -2.26. The van der Waals surface area contributed by atoms with Gasteiger partial charge in [0.25, 0.3) is 0 Å². The highest BCUT2D eigenvalue weighted by atomic mass is 19.1. The summed E-state index contributed by atoms with van der Waals surface area (Å²) in [4.78, 5) is 7.74. The Kier molecular flexibility index (Phi) is 6.42. The lowest BCUT2D eigenvalue weighted by molar-refractivity contribution is 0.200. The van der Waals surface area contributed by atoms with E-state index in [1.54, 1.807) is 7.11 Å². The van der Waals surface area contributed by atoms with Crippen LogP contribution in [0.4, 0.5) is 10.2 Å². The van der Waals surface area contributed by atoms with Gasteiger partial charge in [0.1, 0.15) is 6.33 Å². The van der Waals surface area contributed by atoms with E-state index in [1.165, 1.54) is 6.33 Å². The summed E-state index contributed by atoms with van der Waals surface area (Å²) < 4.78 is 18.6. The minimum absolute atomic E-state index is 0.269. The minimum atomic E-state index is -0.355. The van der Waals surface area contributed by atoms with Crippen LogP contribution in [0, 0.1) is 5.82 Å². The van der Waals surface area contributed by atoms with Crippen LogP contribution in [0.1, 0.15) is 12.6 Å². The quantitative estimate of drug-likeness (QED) is 0.661. The zero-order valence-electron chi connectivity index (χ0n) is 10.3. The third-order valence-corrected chi connectivity index (χ3v) is 2.27. The van der Waals surface area contributed by atoms with Gasteiger partial charge in [0, 0.05) is 26.7 Å². The van der Waals surface area contributed by atoms with Gasteiger partial charge in [0.05, 0.1) is 12.3 Å². The zero-order chi connectivity index (χ0) is 12.5. The van der Waals surface area contributed by atoms with Crippen LogP contribution in [-0.4, -0.2) is 43.3 Å². The molecule has 5 nitrogen and oxygen atoms in total. The molecular formula is C11H19FN4O. The highest BCUT2D eigenvalue weighted by Gasteiger charge is 2.08. The lowest BCUT2D eigenvalue weighted by atomic mass is 10.3. The van der Waals surface area contributed by atoms with Crippen molar-refractivity contribution in [1.29, 1.82) is 0 Å². The van der Waals surface area contributed by atoms with E-state index in [-0.39, 0.29) is 11.6 Å². The fourth-order valence-corrected chi connectivity index (χ4v) is 1.34. The highest BCUT2D eigenvalue weighted by Crippen LogP contribution is 2.12. The van der Waals surface area contributed by atoms with Crippen LogP contribution >= 0.6 is 0 Å². The van der Waals surface area contributed by atoms with E-state index < -0.39 is 0 Å². The molecule has 6 heteroatoms. The van der Waals surface area contributed by atoms with Crippen LogP contribution in [-0.2, 0) is 11.2 Å². The molecule has 0 aromatic carbocycles. The Morgan fingerprint density at radius 2 is 2.12 bits per heavy atom. The fourth-order valence-electron chi connectivity index (χ4n) is 1.34. The maximum absolute atomic E-state index is 13.7. The first kappa shape index (κ1) is 13.8. The van der Waals surface area contributed by atoms with E-state index in [9.17, 15) is 4.39 Å². The summed E-state index contributed by atoms with van der Waals surface area (Å²) in [7, 11) is 1.66. The molecule has 1 heterocycles. The third-order valence-electron chi connectivity index (χ3n) is 2.27. The molecule has 1 rings (SSSR count). The van der Waals surface area contributed by atoms with Crippen LogP contribution in [0.2, 0.25) is 0 Å². The Morgan fingerprint density at radius 3 is 2.82 bits per heavy atom. The van der Waals surface area contributed by atoms with Crippen molar-refractivity contribution >= 4 is 5.82 Å². The van der Waals surface area contributed by atoms with Gasteiger partial charge in [0.2, 0.25) is 0 Å². The van der Waals surface area contributed by atoms with Crippen molar-refractivity contribution in [3.8, 4) is 0 Å². The van der Waals surface area contributed by atoms with Gasteiger partial charge in [0.15, 0.2) is 11.6 Å². The van der Waals surface area contributed by atoms with Crippen molar-refractivity contribution in [2.24, 2.45) is 0 Å². The zero-order valence-corrected chi connectivity index (χ0v) is 10.3. The first-order chi connectivity index (χ1) is 8.29. The Balaban J connectivity index is 2.31. The molecule has 0 fully saturated rings. The van der Waals surface area contributed by atoms with Crippen molar-refractivity contribution in [1.82, 2.24) is 15.3 Å². The predicted molar refractivity (Wildman–Crippen MR) is 64.6 cm³/mol. The second-order valence-electron chi connectivity index (χ2n) is 3.51. The van der Waals surface area contributed by atoms with Gasteiger partial charge < -0.3 is 15.4 Å². The topological polar surface area (TPSA) is 59.1 Å². The standard InChI is InChI=1S/C11H19FN4O/c1-3-9-10(12)11(16-8-15-9)14-5-4-13-6-7-17-2/h8,13H,3-7H2,1-2H3,(H,14,15,16). The van der Waals surface area contributed by atoms with Gasteiger partial charge in [-0.3, -0.25) is 0 Å². The molecule has 96 valence electrons. The van der Waals surface area contributed by atoms with Gasteiger partial charge in [-0.15, -0.1) is 0 Å². The molecule has 0 saturated heterocycles. The summed E-state index contributed by atoms with van der Waals surface area (Å²) in [5.74, 6) is -0.0858. The predicted octanol–water partition coefficient (Wildman–Crippen LogP) is 0.826. The van der Waals surface area contributed by atoms with Gasteiger partial charge in [-0.1, -0.05) is 6.92 Å². The van der Waals surface area contributed by atoms with Crippen LogP contribution < -0.4 is 10.6 Å². The number of halogens is 1. The number of nitrogens with zero attached hydrogens (tertiary/aromatic N) is 2. The van der Waals surface area contributed by atoms with E-state index in [1.807, 2.05) is 6.92 Å². The Morgan fingerprint density at radius 1 is 1.29 bits per heavy atom. The molecule has 0 amide bonds. The lowest BCUT2D eigenvalue weighted by Gasteiger charge is -2.08. The number of hydrogen-bond acceptors (Lipinski definition) is 5. The molecule has 0 aliphatic carbocycles.